The lowest BCUT2D eigenvalue weighted by Crippen LogP contribution is -2.35. The lowest BCUT2D eigenvalue weighted by Gasteiger charge is -2.31. The number of rotatable bonds is 2. The van der Waals surface area contributed by atoms with Crippen LogP contribution >= 0.6 is 11.6 Å². The molecule has 0 aromatic heterocycles. The van der Waals surface area contributed by atoms with Crippen LogP contribution in [0.2, 0.25) is 0 Å². The Balaban J connectivity index is 2.63. The maximum Gasteiger partial charge on any atom is 0.302 e. The van der Waals surface area contributed by atoms with Gasteiger partial charge in [0.15, 0.2) is 0 Å². The summed E-state index contributed by atoms with van der Waals surface area (Å²) in [6, 6.07) is 0. The maximum absolute atomic E-state index is 11.1. The van der Waals surface area contributed by atoms with E-state index < -0.39 is 0 Å². The molecular weight excluding hydrogens is 204 g/mol. The van der Waals surface area contributed by atoms with Crippen LogP contribution in [-0.2, 0) is 14.3 Å². The van der Waals surface area contributed by atoms with Gasteiger partial charge in [-0.2, -0.15) is 0 Å². The molecule has 0 aromatic carbocycles. The molecule has 0 heterocycles. The van der Waals surface area contributed by atoms with Crippen LogP contribution in [0.4, 0.5) is 0 Å². The highest BCUT2D eigenvalue weighted by atomic mass is 35.5. The predicted octanol–water partition coefficient (Wildman–Crippen LogP) is 2.12. The lowest BCUT2D eigenvalue weighted by molar-refractivity contribution is -0.153. The lowest BCUT2D eigenvalue weighted by atomic mass is 9.81. The van der Waals surface area contributed by atoms with E-state index in [4.69, 9.17) is 16.3 Å². The number of halogens is 1. The van der Waals surface area contributed by atoms with Crippen LogP contribution in [0.1, 0.15) is 33.1 Å². The molecule has 0 aromatic rings. The van der Waals surface area contributed by atoms with E-state index in [0.717, 1.165) is 19.3 Å². The number of esters is 1. The molecule has 0 saturated heterocycles. The molecule has 0 bridgehead atoms. The van der Waals surface area contributed by atoms with Crippen molar-refractivity contribution in [1.82, 2.24) is 0 Å². The van der Waals surface area contributed by atoms with Crippen molar-refractivity contribution in [2.75, 3.05) is 0 Å². The smallest absolute Gasteiger partial charge is 0.302 e. The van der Waals surface area contributed by atoms with Gasteiger partial charge >= 0.3 is 5.97 Å². The standard InChI is InChI=1S/C10H15ClO3/c1-6-3-4-8(10(11)13)9(5-6)14-7(2)12/h6,8-9H,3-5H2,1-2H3/t6-,8?,9?/m1/s1. The molecule has 0 radical (unpaired) electrons. The molecule has 2 unspecified atom stereocenters. The summed E-state index contributed by atoms with van der Waals surface area (Å²) in [5.41, 5.74) is 0. The minimum absolute atomic E-state index is 0.309. The van der Waals surface area contributed by atoms with Gasteiger partial charge in [-0.1, -0.05) is 6.92 Å². The van der Waals surface area contributed by atoms with Gasteiger partial charge in [-0.3, -0.25) is 9.59 Å². The van der Waals surface area contributed by atoms with Crippen LogP contribution in [0.15, 0.2) is 0 Å². The van der Waals surface area contributed by atoms with Gasteiger partial charge in [0.2, 0.25) is 5.24 Å². The first-order valence-electron chi connectivity index (χ1n) is 4.87. The van der Waals surface area contributed by atoms with Gasteiger partial charge in [-0.25, -0.2) is 0 Å². The van der Waals surface area contributed by atoms with Gasteiger partial charge in [-0.15, -0.1) is 0 Å². The van der Waals surface area contributed by atoms with Gasteiger partial charge < -0.3 is 4.74 Å². The highest BCUT2D eigenvalue weighted by Crippen LogP contribution is 2.32. The van der Waals surface area contributed by atoms with E-state index in [1.165, 1.54) is 6.92 Å². The van der Waals surface area contributed by atoms with Crippen LogP contribution in [0.3, 0.4) is 0 Å². The molecule has 0 spiro atoms. The summed E-state index contributed by atoms with van der Waals surface area (Å²) in [6.45, 7) is 3.44. The van der Waals surface area contributed by atoms with Gasteiger partial charge in [0.25, 0.3) is 0 Å². The monoisotopic (exact) mass is 218 g/mol. The fourth-order valence-corrected chi connectivity index (χ4v) is 2.18. The van der Waals surface area contributed by atoms with E-state index in [-0.39, 0.29) is 23.2 Å². The summed E-state index contributed by atoms with van der Waals surface area (Å²) in [7, 11) is 0. The molecule has 14 heavy (non-hydrogen) atoms. The summed E-state index contributed by atoms with van der Waals surface area (Å²) < 4.78 is 5.09. The van der Waals surface area contributed by atoms with Crippen LogP contribution in [0.25, 0.3) is 0 Å². The average molecular weight is 219 g/mol. The Morgan fingerprint density at radius 3 is 2.50 bits per heavy atom. The molecule has 1 aliphatic carbocycles. The zero-order valence-corrected chi connectivity index (χ0v) is 9.21. The second-order valence-corrected chi connectivity index (χ2v) is 4.35. The van der Waals surface area contributed by atoms with Crippen LogP contribution in [0, 0.1) is 11.8 Å². The SMILES string of the molecule is CC(=O)OC1C[C@H](C)CCC1C(=O)Cl. The van der Waals surface area contributed by atoms with E-state index in [1.807, 2.05) is 0 Å². The molecule has 3 atom stereocenters. The highest BCUT2D eigenvalue weighted by molar-refractivity contribution is 6.64. The van der Waals surface area contributed by atoms with Crippen molar-refractivity contribution in [1.29, 1.82) is 0 Å². The van der Waals surface area contributed by atoms with Gasteiger partial charge in [-0.05, 0) is 36.8 Å². The molecule has 3 nitrogen and oxygen atoms in total. The molecule has 1 rings (SSSR count). The van der Waals surface area contributed by atoms with Crippen molar-refractivity contribution >= 4 is 22.8 Å². The maximum atomic E-state index is 11.1. The first-order chi connectivity index (χ1) is 6.50. The normalized spacial score (nSPS) is 32.4. The van der Waals surface area contributed by atoms with E-state index in [0.29, 0.717) is 5.92 Å². The number of carbonyl (C=O) groups excluding carboxylic acids is 2. The Bertz CT molecular complexity index is 240. The second-order valence-electron chi connectivity index (χ2n) is 3.98. The Labute approximate surface area is 88.8 Å². The molecule has 0 amide bonds. The minimum Gasteiger partial charge on any atom is -0.462 e. The summed E-state index contributed by atoms with van der Waals surface area (Å²) >= 11 is 5.45. The zero-order valence-electron chi connectivity index (χ0n) is 8.46. The average Bonchev–Trinajstić information content (AvgIpc) is 2.01. The number of hydrogen-bond acceptors (Lipinski definition) is 3. The van der Waals surface area contributed by atoms with Gasteiger partial charge in [0, 0.05) is 6.92 Å². The van der Waals surface area contributed by atoms with Crippen molar-refractivity contribution in [3.63, 3.8) is 0 Å². The summed E-state index contributed by atoms with van der Waals surface area (Å²) in [6.07, 6.45) is 2.12. The van der Waals surface area contributed by atoms with E-state index in [1.54, 1.807) is 0 Å². The fraction of sp³-hybridized carbons (Fsp3) is 0.800. The second kappa shape index (κ2) is 4.78. The third-order valence-electron chi connectivity index (χ3n) is 2.66. The van der Waals surface area contributed by atoms with Crippen LogP contribution in [0.5, 0.6) is 0 Å². The van der Waals surface area contributed by atoms with Crippen molar-refractivity contribution in [2.45, 2.75) is 39.2 Å². The predicted molar refractivity (Wildman–Crippen MR) is 52.9 cm³/mol. The molecule has 1 saturated carbocycles. The number of carbonyl (C=O) groups is 2. The Hall–Kier alpha value is -0.570. The van der Waals surface area contributed by atoms with Gasteiger partial charge in [0.05, 0.1) is 5.92 Å². The molecule has 80 valence electrons. The number of hydrogen-bond donors (Lipinski definition) is 0. The first-order valence-corrected chi connectivity index (χ1v) is 5.25. The largest absolute Gasteiger partial charge is 0.462 e. The zero-order chi connectivity index (χ0) is 10.7. The van der Waals surface area contributed by atoms with Crippen molar-refractivity contribution in [3.8, 4) is 0 Å². The quantitative estimate of drug-likeness (QED) is 0.527. The molecule has 1 aliphatic rings. The summed E-state index contributed by atoms with van der Waals surface area (Å²) in [4.78, 5) is 21.9. The van der Waals surface area contributed by atoms with E-state index in [2.05, 4.69) is 6.92 Å². The molecule has 0 aliphatic heterocycles. The van der Waals surface area contributed by atoms with Crippen molar-refractivity contribution in [2.24, 2.45) is 11.8 Å². The summed E-state index contributed by atoms with van der Waals surface area (Å²) in [5, 5.41) is -0.386. The Morgan fingerprint density at radius 2 is 2.00 bits per heavy atom. The Morgan fingerprint density at radius 1 is 1.36 bits per heavy atom. The highest BCUT2D eigenvalue weighted by Gasteiger charge is 2.34. The van der Waals surface area contributed by atoms with Crippen molar-refractivity contribution in [3.05, 3.63) is 0 Å². The molecule has 0 N–H and O–H groups in total. The minimum atomic E-state index is -0.386. The summed E-state index contributed by atoms with van der Waals surface area (Å²) in [5.74, 6) is -0.157. The molecular formula is C10H15ClO3. The Kier molecular flexibility index (Phi) is 3.93. The van der Waals surface area contributed by atoms with E-state index in [9.17, 15) is 9.59 Å². The van der Waals surface area contributed by atoms with Crippen molar-refractivity contribution < 1.29 is 14.3 Å². The third-order valence-corrected chi connectivity index (χ3v) is 2.94. The molecule has 4 heteroatoms. The number of ether oxygens (including phenoxy) is 1. The molecule has 1 fully saturated rings. The fourth-order valence-electron chi connectivity index (χ4n) is 1.93. The third kappa shape index (κ3) is 2.98. The van der Waals surface area contributed by atoms with Crippen LogP contribution < -0.4 is 0 Å². The van der Waals surface area contributed by atoms with Crippen LogP contribution in [-0.4, -0.2) is 17.3 Å². The van der Waals surface area contributed by atoms with E-state index >= 15 is 0 Å². The first kappa shape index (κ1) is 11.5. The van der Waals surface area contributed by atoms with Gasteiger partial charge in [0.1, 0.15) is 6.10 Å². The topological polar surface area (TPSA) is 43.4 Å².